The molecule has 2 heterocycles. The zero-order valence-corrected chi connectivity index (χ0v) is 25.0. The van der Waals surface area contributed by atoms with Gasteiger partial charge < -0.3 is 18.9 Å². The highest BCUT2D eigenvalue weighted by molar-refractivity contribution is 5.72. The van der Waals surface area contributed by atoms with Crippen LogP contribution in [-0.2, 0) is 24.6 Å². The fourth-order valence-corrected chi connectivity index (χ4v) is 6.22. The molecule has 1 aliphatic carbocycles. The Balaban J connectivity index is 1.44. The van der Waals surface area contributed by atoms with E-state index >= 15 is 0 Å². The van der Waals surface area contributed by atoms with Crippen molar-refractivity contribution in [3.63, 3.8) is 0 Å². The largest absolute Gasteiger partial charge is 0.497 e. The molecule has 1 spiro atoms. The number of esters is 1. The standard InChI is InChI=1S/C35H36N2O7/c1-23(2)31(39)44-30-28(43-32(34(30)19-20-34)37-21-18-29(38)36-33(37)40)22-42-35(24-10-6-4-7-11-24,25-12-8-5-9-13-25)26-14-16-27(41-3)17-15-26/h4-18,21,23,28,30,32H,19-20,22H2,1-3H3,(H,36,38,40). The fourth-order valence-electron chi connectivity index (χ4n) is 6.22. The molecule has 3 aromatic carbocycles. The number of nitrogens with zero attached hydrogens (tertiary/aromatic N) is 1. The first-order valence-corrected chi connectivity index (χ1v) is 14.9. The van der Waals surface area contributed by atoms with Crippen LogP contribution in [0.2, 0.25) is 0 Å². The summed E-state index contributed by atoms with van der Waals surface area (Å²) in [6, 6.07) is 28.9. The lowest BCUT2D eigenvalue weighted by atomic mass is 9.80. The second-order valence-electron chi connectivity index (χ2n) is 11.7. The molecule has 3 unspecified atom stereocenters. The summed E-state index contributed by atoms with van der Waals surface area (Å²) >= 11 is 0. The van der Waals surface area contributed by atoms with Crippen LogP contribution >= 0.6 is 0 Å². The minimum atomic E-state index is -1.06. The molecular weight excluding hydrogens is 560 g/mol. The van der Waals surface area contributed by atoms with Crippen LogP contribution in [0.4, 0.5) is 0 Å². The summed E-state index contributed by atoms with van der Waals surface area (Å²) in [4.78, 5) is 40.0. The lowest BCUT2D eigenvalue weighted by Crippen LogP contribution is -2.41. The maximum Gasteiger partial charge on any atom is 0.330 e. The van der Waals surface area contributed by atoms with Crippen molar-refractivity contribution >= 4 is 5.97 Å². The van der Waals surface area contributed by atoms with Crippen molar-refractivity contribution in [3.05, 3.63) is 135 Å². The topological polar surface area (TPSA) is 109 Å². The first kappa shape index (κ1) is 29.6. The Morgan fingerprint density at radius 1 is 0.932 bits per heavy atom. The summed E-state index contributed by atoms with van der Waals surface area (Å²) < 4.78 is 26.6. The predicted molar refractivity (Wildman–Crippen MR) is 163 cm³/mol. The van der Waals surface area contributed by atoms with E-state index in [0.29, 0.717) is 18.6 Å². The summed E-state index contributed by atoms with van der Waals surface area (Å²) in [5.74, 6) is 0.0135. The van der Waals surface area contributed by atoms with E-state index in [1.54, 1.807) is 21.0 Å². The average Bonchev–Trinajstić information content (AvgIpc) is 3.79. The van der Waals surface area contributed by atoms with Gasteiger partial charge in [0.15, 0.2) is 0 Å². The molecule has 1 saturated heterocycles. The predicted octanol–water partition coefficient (Wildman–Crippen LogP) is 4.80. The van der Waals surface area contributed by atoms with E-state index < -0.39 is 40.7 Å². The third-order valence-corrected chi connectivity index (χ3v) is 8.67. The second-order valence-corrected chi connectivity index (χ2v) is 11.7. The maximum absolute atomic E-state index is 13.0. The molecule has 1 N–H and O–H groups in total. The number of benzene rings is 3. The summed E-state index contributed by atoms with van der Waals surface area (Å²) in [7, 11) is 1.63. The number of aromatic amines is 1. The summed E-state index contributed by atoms with van der Waals surface area (Å²) in [6.45, 7) is 3.61. The van der Waals surface area contributed by atoms with Crippen LogP contribution in [0, 0.1) is 11.3 Å². The lowest BCUT2D eigenvalue weighted by Gasteiger charge is -2.37. The molecule has 0 bridgehead atoms. The first-order valence-electron chi connectivity index (χ1n) is 14.9. The van der Waals surface area contributed by atoms with E-state index in [4.69, 9.17) is 18.9 Å². The zero-order chi connectivity index (χ0) is 30.9. The van der Waals surface area contributed by atoms with Gasteiger partial charge >= 0.3 is 11.7 Å². The molecular formula is C35H36N2O7. The second kappa shape index (κ2) is 11.9. The fraction of sp³-hybridized carbons (Fsp3) is 0.343. The summed E-state index contributed by atoms with van der Waals surface area (Å²) in [5, 5.41) is 0. The molecule has 228 valence electrons. The number of nitrogens with one attached hydrogen (secondary N) is 1. The molecule has 1 saturated carbocycles. The van der Waals surface area contributed by atoms with Gasteiger partial charge in [-0.05, 0) is 41.7 Å². The smallest absolute Gasteiger partial charge is 0.330 e. The Morgan fingerprint density at radius 3 is 2.05 bits per heavy atom. The number of methoxy groups -OCH3 is 1. The first-order chi connectivity index (χ1) is 21.3. The Kier molecular flexibility index (Phi) is 8.00. The molecule has 1 aromatic heterocycles. The van der Waals surface area contributed by atoms with Gasteiger partial charge in [0.1, 0.15) is 29.8 Å². The van der Waals surface area contributed by atoms with E-state index in [1.165, 1.54) is 16.8 Å². The minimum absolute atomic E-state index is 0.0439. The molecule has 9 heteroatoms. The highest BCUT2D eigenvalue weighted by Gasteiger charge is 2.67. The van der Waals surface area contributed by atoms with Gasteiger partial charge in [-0.2, -0.15) is 0 Å². The van der Waals surface area contributed by atoms with Gasteiger partial charge in [0.25, 0.3) is 5.56 Å². The van der Waals surface area contributed by atoms with Crippen molar-refractivity contribution in [1.82, 2.24) is 9.55 Å². The molecule has 44 heavy (non-hydrogen) atoms. The van der Waals surface area contributed by atoms with E-state index in [9.17, 15) is 14.4 Å². The normalized spacial score (nSPS) is 20.5. The zero-order valence-electron chi connectivity index (χ0n) is 25.0. The van der Waals surface area contributed by atoms with Crippen molar-refractivity contribution in [2.75, 3.05) is 13.7 Å². The number of ether oxygens (including phenoxy) is 4. The van der Waals surface area contributed by atoms with E-state index in [0.717, 1.165) is 16.7 Å². The number of H-pyrrole nitrogens is 1. The van der Waals surface area contributed by atoms with Crippen molar-refractivity contribution in [2.45, 2.75) is 50.7 Å². The monoisotopic (exact) mass is 596 g/mol. The Labute approximate surface area is 255 Å². The van der Waals surface area contributed by atoms with Crippen molar-refractivity contribution < 1.29 is 23.7 Å². The molecule has 3 atom stereocenters. The molecule has 2 aliphatic rings. The molecule has 0 amide bonds. The number of carbonyl (C=O) groups excluding carboxylic acids is 1. The molecule has 1 aliphatic heterocycles. The van der Waals surface area contributed by atoms with Crippen molar-refractivity contribution in [2.24, 2.45) is 11.3 Å². The van der Waals surface area contributed by atoms with Crippen molar-refractivity contribution in [3.8, 4) is 5.75 Å². The third kappa shape index (κ3) is 5.27. The number of hydrogen-bond donors (Lipinski definition) is 1. The van der Waals surface area contributed by atoms with Gasteiger partial charge in [0.2, 0.25) is 0 Å². The quantitative estimate of drug-likeness (QED) is 0.207. The Morgan fingerprint density at radius 2 is 1.52 bits per heavy atom. The SMILES string of the molecule is COc1ccc(C(OCC2OC(n3ccc(=O)[nH]c3=O)C3(CC3)C2OC(=O)C(C)C)(c2ccccc2)c2ccccc2)cc1. The van der Waals surface area contributed by atoms with Gasteiger partial charge in [0.05, 0.1) is 25.0 Å². The molecule has 2 fully saturated rings. The highest BCUT2D eigenvalue weighted by Crippen LogP contribution is 2.63. The Bertz CT molecular complexity index is 1670. The number of aromatic nitrogens is 2. The van der Waals surface area contributed by atoms with Crippen LogP contribution in [0.5, 0.6) is 5.75 Å². The number of hydrogen-bond acceptors (Lipinski definition) is 7. The molecule has 9 nitrogen and oxygen atoms in total. The maximum atomic E-state index is 13.0. The van der Waals surface area contributed by atoms with E-state index in [1.807, 2.05) is 84.9 Å². The third-order valence-electron chi connectivity index (χ3n) is 8.67. The van der Waals surface area contributed by atoms with Gasteiger partial charge in [0, 0.05) is 12.3 Å². The van der Waals surface area contributed by atoms with Crippen LogP contribution in [0.15, 0.2) is 107 Å². The van der Waals surface area contributed by atoms with Crippen LogP contribution in [0.25, 0.3) is 0 Å². The highest BCUT2D eigenvalue weighted by atomic mass is 16.6. The number of rotatable bonds is 10. The summed E-state index contributed by atoms with van der Waals surface area (Å²) in [5.41, 5.74) is -0.0764. The van der Waals surface area contributed by atoms with Crippen LogP contribution in [-0.4, -0.2) is 41.4 Å². The van der Waals surface area contributed by atoms with E-state index in [-0.39, 0.29) is 18.5 Å². The number of carbonyl (C=O) groups is 1. The molecule has 0 radical (unpaired) electrons. The van der Waals surface area contributed by atoms with Gasteiger partial charge in [-0.25, -0.2) is 4.79 Å². The average molecular weight is 597 g/mol. The summed E-state index contributed by atoms with van der Waals surface area (Å²) in [6.07, 6.45) is 0.712. The molecule has 6 rings (SSSR count). The van der Waals surface area contributed by atoms with E-state index in [2.05, 4.69) is 4.98 Å². The van der Waals surface area contributed by atoms with Gasteiger partial charge in [-0.15, -0.1) is 0 Å². The van der Waals surface area contributed by atoms with Crippen molar-refractivity contribution in [1.29, 1.82) is 0 Å². The molecule has 4 aromatic rings. The van der Waals surface area contributed by atoms with Gasteiger partial charge in [-0.1, -0.05) is 86.6 Å². The minimum Gasteiger partial charge on any atom is -0.497 e. The lowest BCUT2D eigenvalue weighted by molar-refractivity contribution is -0.161. The van der Waals surface area contributed by atoms with Crippen LogP contribution in [0.1, 0.15) is 49.6 Å². The van der Waals surface area contributed by atoms with Crippen LogP contribution < -0.4 is 16.0 Å². The van der Waals surface area contributed by atoms with Crippen LogP contribution in [0.3, 0.4) is 0 Å². The Hall–Kier alpha value is -4.47. The van der Waals surface area contributed by atoms with Gasteiger partial charge in [-0.3, -0.25) is 19.1 Å².